The molecule has 0 amide bonds. The summed E-state index contributed by atoms with van der Waals surface area (Å²) in [5, 5.41) is 0. The van der Waals surface area contributed by atoms with Crippen LogP contribution in [0.5, 0.6) is 17.2 Å². The average Bonchev–Trinajstić information content (AvgIpc) is 4.21. The Morgan fingerprint density at radius 2 is 1.29 bits per heavy atom. The Balaban J connectivity index is 1.10. The van der Waals surface area contributed by atoms with Gasteiger partial charge in [0.2, 0.25) is 0 Å². The van der Waals surface area contributed by atoms with Crippen LogP contribution in [0.4, 0.5) is 0 Å². The van der Waals surface area contributed by atoms with Crippen molar-refractivity contribution in [1.82, 2.24) is 0 Å². The molecule has 11 nitrogen and oxygen atoms in total. The fourth-order valence-corrected chi connectivity index (χ4v) is 9.28. The maximum atomic E-state index is 11.9. The molecule has 8 N–H and O–H groups in total. The molecule has 4 aromatic carbocycles. The molecule has 352 valence electrons. The molecule has 1 saturated carbocycles. The van der Waals surface area contributed by atoms with E-state index in [-0.39, 0.29) is 19.7 Å². The van der Waals surface area contributed by atoms with Gasteiger partial charge in [0, 0.05) is 13.1 Å². The van der Waals surface area contributed by atoms with Crippen LogP contribution in [0.3, 0.4) is 0 Å². The van der Waals surface area contributed by atoms with Crippen LogP contribution in [0.1, 0.15) is 133 Å². The van der Waals surface area contributed by atoms with Crippen molar-refractivity contribution in [2.75, 3.05) is 46.6 Å². The minimum atomic E-state index is -0.789. The molecule has 1 fully saturated rings. The molecule has 0 saturated heterocycles. The van der Waals surface area contributed by atoms with Gasteiger partial charge in [-0.05, 0) is 200 Å². The highest BCUT2D eigenvalue weighted by atomic mass is 16.5. The van der Waals surface area contributed by atoms with Crippen LogP contribution in [0.25, 0.3) is 23.3 Å². The Kier molecular flexibility index (Phi) is 17.5. The first kappa shape index (κ1) is 48.5. The first-order valence-electron chi connectivity index (χ1n) is 24.1. The minimum Gasteiger partial charge on any atom is -0.497 e. The number of ether oxygens (including phenoxy) is 5. The molecule has 3 atom stereocenters. The molecule has 0 aromatic heterocycles. The van der Waals surface area contributed by atoms with Gasteiger partial charge < -0.3 is 46.6 Å². The Morgan fingerprint density at radius 1 is 0.652 bits per heavy atom. The third-order valence-corrected chi connectivity index (χ3v) is 13.2. The van der Waals surface area contributed by atoms with Crippen LogP contribution in [0.2, 0.25) is 0 Å². The van der Waals surface area contributed by atoms with Crippen molar-refractivity contribution >= 4 is 35.2 Å². The van der Waals surface area contributed by atoms with Crippen LogP contribution in [0, 0.1) is 6.92 Å². The molecule has 11 heteroatoms. The van der Waals surface area contributed by atoms with E-state index in [9.17, 15) is 9.59 Å². The van der Waals surface area contributed by atoms with E-state index in [4.69, 9.17) is 46.6 Å². The summed E-state index contributed by atoms with van der Waals surface area (Å²) in [7, 11) is 1.71. The number of esters is 2. The number of methoxy groups -OCH3 is 1. The standard InChI is InChI=1S/C55H70N4O7/c1-36-28-45(62-2)20-22-48(36)39-16-17-40(49-23-21-47(33-44(49)30-39)64-25-6-7-27-66-55(61)52(59)35-57)29-41-12-9-13-50(38-14-15-38)53(41)42-11-8-10-37-18-19-46(32-43(37)31-42)63-24-4-3-5-26-65-54(60)51(58)34-56/h9,12-13,18-23,28,30-33,38,40,51-52H,3-8,10-11,14-17,24-27,29,34-35,56-59H2,1-2H3. The Morgan fingerprint density at radius 3 is 1.97 bits per heavy atom. The Labute approximate surface area is 391 Å². The lowest BCUT2D eigenvalue weighted by molar-refractivity contribution is -0.145. The number of benzene rings is 4. The van der Waals surface area contributed by atoms with Gasteiger partial charge in [0.25, 0.3) is 0 Å². The van der Waals surface area contributed by atoms with Crippen LogP contribution >= 0.6 is 0 Å². The summed E-state index contributed by atoms with van der Waals surface area (Å²) in [5.41, 5.74) is 37.0. The third-order valence-electron chi connectivity index (χ3n) is 13.2. The minimum absolute atomic E-state index is 0.0639. The second-order valence-corrected chi connectivity index (χ2v) is 18.1. The molecule has 66 heavy (non-hydrogen) atoms. The van der Waals surface area contributed by atoms with E-state index in [0.717, 1.165) is 81.5 Å². The molecule has 0 bridgehead atoms. The SMILES string of the molecule is COc1ccc(C2=Cc3cc(OCCCCOC(=O)C(N)CN)ccc3C(Cc3cccc(C4CC4)c3C3=Cc4cc(OCCCCCOC(=O)C(N)CN)ccc4CCC3)CC2)c(C)c1. The van der Waals surface area contributed by atoms with Gasteiger partial charge in [-0.3, -0.25) is 9.59 Å². The molecular weight excluding hydrogens is 829 g/mol. The van der Waals surface area contributed by atoms with Gasteiger partial charge in [0.05, 0.1) is 33.5 Å². The van der Waals surface area contributed by atoms with Gasteiger partial charge in [-0.25, -0.2) is 0 Å². The van der Waals surface area contributed by atoms with Gasteiger partial charge in [-0.15, -0.1) is 0 Å². The summed E-state index contributed by atoms with van der Waals surface area (Å²) >= 11 is 0. The van der Waals surface area contributed by atoms with E-state index in [1.54, 1.807) is 7.11 Å². The number of nitrogens with two attached hydrogens (primary N) is 4. The fraction of sp³-hybridized carbons (Fsp3) is 0.455. The first-order valence-corrected chi connectivity index (χ1v) is 24.1. The van der Waals surface area contributed by atoms with E-state index >= 15 is 0 Å². The maximum absolute atomic E-state index is 11.9. The molecule has 3 unspecified atom stereocenters. The number of carbonyl (C=O) groups is 2. The van der Waals surface area contributed by atoms with E-state index in [1.165, 1.54) is 74.1 Å². The molecule has 0 radical (unpaired) electrons. The predicted octanol–water partition coefficient (Wildman–Crippen LogP) is 8.79. The number of hydrogen-bond acceptors (Lipinski definition) is 11. The molecule has 7 rings (SSSR count). The molecular formula is C55H70N4O7. The normalized spacial score (nSPS) is 16.6. The summed E-state index contributed by atoms with van der Waals surface area (Å²) in [4.78, 5) is 23.7. The molecule has 3 aliphatic carbocycles. The highest BCUT2D eigenvalue weighted by Gasteiger charge is 2.30. The predicted molar refractivity (Wildman–Crippen MR) is 263 cm³/mol. The van der Waals surface area contributed by atoms with Crippen LogP contribution in [-0.4, -0.2) is 70.6 Å². The number of hydrogen-bond donors (Lipinski definition) is 4. The quantitative estimate of drug-likeness (QED) is 0.0412. The van der Waals surface area contributed by atoms with Crippen molar-refractivity contribution in [3.05, 3.63) is 123 Å². The smallest absolute Gasteiger partial charge is 0.324 e. The monoisotopic (exact) mass is 899 g/mol. The zero-order valence-corrected chi connectivity index (χ0v) is 39.0. The van der Waals surface area contributed by atoms with Crippen molar-refractivity contribution in [3.8, 4) is 17.2 Å². The molecule has 0 heterocycles. The number of unbranched alkanes of at least 4 members (excludes halogenated alkanes) is 3. The number of rotatable bonds is 23. The first-order chi connectivity index (χ1) is 32.1. The van der Waals surface area contributed by atoms with E-state index in [2.05, 4.69) is 91.9 Å². The molecule has 0 aliphatic heterocycles. The van der Waals surface area contributed by atoms with Crippen molar-refractivity contribution in [1.29, 1.82) is 0 Å². The number of carbonyl (C=O) groups excluding carboxylic acids is 2. The molecule has 0 spiro atoms. The van der Waals surface area contributed by atoms with Gasteiger partial charge in [0.1, 0.15) is 29.3 Å². The topological polar surface area (TPSA) is 184 Å². The maximum Gasteiger partial charge on any atom is 0.324 e. The van der Waals surface area contributed by atoms with Crippen molar-refractivity contribution < 1.29 is 33.3 Å². The van der Waals surface area contributed by atoms with Crippen molar-refractivity contribution in [2.45, 2.75) is 114 Å². The van der Waals surface area contributed by atoms with Crippen LogP contribution < -0.4 is 37.1 Å². The van der Waals surface area contributed by atoms with Gasteiger partial charge in [0.15, 0.2) is 0 Å². The lowest BCUT2D eigenvalue weighted by Crippen LogP contribution is -2.39. The average molecular weight is 899 g/mol. The summed E-state index contributed by atoms with van der Waals surface area (Å²) < 4.78 is 28.7. The summed E-state index contributed by atoms with van der Waals surface area (Å²) in [5.74, 6) is 2.54. The van der Waals surface area contributed by atoms with Crippen molar-refractivity contribution in [2.24, 2.45) is 22.9 Å². The lowest BCUT2D eigenvalue weighted by Gasteiger charge is -2.23. The van der Waals surface area contributed by atoms with E-state index in [1.807, 2.05) is 0 Å². The highest BCUT2D eigenvalue weighted by molar-refractivity contribution is 5.87. The van der Waals surface area contributed by atoms with E-state index in [0.29, 0.717) is 38.1 Å². The Bertz CT molecular complexity index is 2350. The van der Waals surface area contributed by atoms with Crippen LogP contribution in [0.15, 0.2) is 72.8 Å². The van der Waals surface area contributed by atoms with Gasteiger partial charge >= 0.3 is 11.9 Å². The van der Waals surface area contributed by atoms with Crippen molar-refractivity contribution in [3.63, 3.8) is 0 Å². The third kappa shape index (κ3) is 12.9. The zero-order chi connectivity index (χ0) is 46.4. The molecule has 3 aliphatic rings. The zero-order valence-electron chi connectivity index (χ0n) is 39.0. The highest BCUT2D eigenvalue weighted by Crippen LogP contribution is 2.48. The summed E-state index contributed by atoms with van der Waals surface area (Å²) in [6.45, 7) is 4.03. The van der Waals surface area contributed by atoms with Crippen LogP contribution in [-0.2, 0) is 31.9 Å². The number of fused-ring (bicyclic) bond motifs is 2. The summed E-state index contributed by atoms with van der Waals surface area (Å²) in [6, 6.07) is 25.0. The number of aryl methyl sites for hydroxylation is 2. The second-order valence-electron chi connectivity index (χ2n) is 18.1. The lowest BCUT2D eigenvalue weighted by atomic mass is 9.81. The second kappa shape index (κ2) is 23.8. The largest absolute Gasteiger partial charge is 0.497 e. The summed E-state index contributed by atoms with van der Waals surface area (Å²) in [6.07, 6.45) is 17.2. The van der Waals surface area contributed by atoms with Gasteiger partial charge in [-0.1, -0.05) is 48.6 Å². The fourth-order valence-electron chi connectivity index (χ4n) is 9.28. The number of allylic oxidation sites excluding steroid dienone is 2. The van der Waals surface area contributed by atoms with Gasteiger partial charge in [-0.2, -0.15) is 0 Å². The Hall–Kier alpha value is -5.46. The molecule has 4 aromatic rings. The van der Waals surface area contributed by atoms with E-state index < -0.39 is 24.0 Å².